The SMILES string of the molecule is CN=C(NCCCOCC1CCCO1)NCc1cccc(OCC(=O)N(C)C)c1. The Kier molecular flexibility index (Phi) is 10.3. The van der Waals surface area contributed by atoms with Gasteiger partial charge in [-0.1, -0.05) is 12.1 Å². The molecule has 0 spiro atoms. The van der Waals surface area contributed by atoms with E-state index in [9.17, 15) is 4.79 Å². The number of nitrogens with one attached hydrogen (secondary N) is 2. The third kappa shape index (κ3) is 9.15. The van der Waals surface area contributed by atoms with Gasteiger partial charge < -0.3 is 29.7 Å². The number of carbonyl (C=O) groups excluding carboxylic acids is 1. The van der Waals surface area contributed by atoms with Gasteiger partial charge in [0, 0.05) is 47.4 Å². The minimum atomic E-state index is -0.0714. The average Bonchev–Trinajstić information content (AvgIpc) is 3.24. The summed E-state index contributed by atoms with van der Waals surface area (Å²) in [5.41, 5.74) is 1.04. The molecule has 0 aromatic heterocycles. The first-order valence-corrected chi connectivity index (χ1v) is 10.1. The molecule has 29 heavy (non-hydrogen) atoms. The average molecular weight is 407 g/mol. The van der Waals surface area contributed by atoms with Gasteiger partial charge in [-0.2, -0.15) is 0 Å². The fraction of sp³-hybridized carbons (Fsp3) is 0.619. The van der Waals surface area contributed by atoms with Gasteiger partial charge in [-0.05, 0) is 37.0 Å². The minimum absolute atomic E-state index is 0.0298. The van der Waals surface area contributed by atoms with Crippen LogP contribution in [-0.2, 0) is 20.8 Å². The maximum Gasteiger partial charge on any atom is 0.259 e. The molecular weight excluding hydrogens is 372 g/mol. The van der Waals surface area contributed by atoms with Gasteiger partial charge in [0.15, 0.2) is 12.6 Å². The van der Waals surface area contributed by atoms with Crippen LogP contribution < -0.4 is 15.4 Å². The lowest BCUT2D eigenvalue weighted by atomic mass is 10.2. The predicted octanol–water partition coefficient (Wildman–Crippen LogP) is 1.40. The molecular formula is C21H34N4O4. The second-order valence-electron chi connectivity index (χ2n) is 7.14. The van der Waals surface area contributed by atoms with Crippen LogP contribution in [0, 0.1) is 0 Å². The fourth-order valence-electron chi connectivity index (χ4n) is 2.80. The predicted molar refractivity (Wildman–Crippen MR) is 113 cm³/mol. The van der Waals surface area contributed by atoms with E-state index in [2.05, 4.69) is 15.6 Å². The van der Waals surface area contributed by atoms with Gasteiger partial charge in [-0.3, -0.25) is 9.79 Å². The summed E-state index contributed by atoms with van der Waals surface area (Å²) in [4.78, 5) is 17.4. The molecule has 162 valence electrons. The number of nitrogens with zero attached hydrogens (tertiary/aromatic N) is 2. The Hall–Kier alpha value is -2.32. The molecule has 0 radical (unpaired) electrons. The van der Waals surface area contributed by atoms with Gasteiger partial charge >= 0.3 is 0 Å². The van der Waals surface area contributed by atoms with Gasteiger partial charge in [0.25, 0.3) is 5.91 Å². The lowest BCUT2D eigenvalue weighted by molar-refractivity contribution is -0.130. The van der Waals surface area contributed by atoms with Crippen molar-refractivity contribution in [2.24, 2.45) is 4.99 Å². The molecule has 1 aliphatic heterocycles. The highest BCUT2D eigenvalue weighted by atomic mass is 16.5. The number of aliphatic imine (C=N–C) groups is 1. The zero-order chi connectivity index (χ0) is 20.9. The quantitative estimate of drug-likeness (QED) is 0.328. The van der Waals surface area contributed by atoms with Crippen molar-refractivity contribution in [1.82, 2.24) is 15.5 Å². The lowest BCUT2D eigenvalue weighted by Crippen LogP contribution is -2.37. The maximum atomic E-state index is 11.6. The summed E-state index contributed by atoms with van der Waals surface area (Å²) in [6.45, 7) is 3.66. The molecule has 1 aromatic rings. The zero-order valence-corrected chi connectivity index (χ0v) is 17.8. The van der Waals surface area contributed by atoms with E-state index in [1.807, 2.05) is 24.3 Å². The van der Waals surface area contributed by atoms with Crippen LogP contribution in [0.3, 0.4) is 0 Å². The smallest absolute Gasteiger partial charge is 0.259 e. The first kappa shape index (κ1) is 23.0. The number of hydrogen-bond acceptors (Lipinski definition) is 5. The summed E-state index contributed by atoms with van der Waals surface area (Å²) in [5, 5.41) is 6.56. The molecule has 2 rings (SSSR count). The number of carbonyl (C=O) groups is 1. The standard InChI is InChI=1S/C21H34N4O4/c1-22-21(23-10-6-11-27-15-19-9-5-12-28-19)24-14-17-7-4-8-18(13-17)29-16-20(26)25(2)3/h4,7-8,13,19H,5-6,9-12,14-16H2,1-3H3,(H2,22,23,24). The molecule has 1 atom stereocenters. The Labute approximate surface area is 173 Å². The second-order valence-corrected chi connectivity index (χ2v) is 7.14. The number of benzene rings is 1. The van der Waals surface area contributed by atoms with Crippen molar-refractivity contribution < 1.29 is 19.0 Å². The highest BCUT2D eigenvalue weighted by Crippen LogP contribution is 2.13. The van der Waals surface area contributed by atoms with E-state index in [1.165, 1.54) is 4.90 Å². The number of guanidine groups is 1. The van der Waals surface area contributed by atoms with Gasteiger partial charge in [-0.15, -0.1) is 0 Å². The summed E-state index contributed by atoms with van der Waals surface area (Å²) in [5.74, 6) is 1.34. The molecule has 1 aliphatic rings. The first-order chi connectivity index (χ1) is 14.1. The van der Waals surface area contributed by atoms with Crippen molar-refractivity contribution in [1.29, 1.82) is 0 Å². The Bertz CT molecular complexity index is 645. The molecule has 0 bridgehead atoms. The van der Waals surface area contributed by atoms with Crippen molar-refractivity contribution in [3.8, 4) is 5.75 Å². The molecule has 1 aromatic carbocycles. The molecule has 1 unspecified atom stereocenters. The van der Waals surface area contributed by atoms with Crippen molar-refractivity contribution >= 4 is 11.9 Å². The topological polar surface area (TPSA) is 84.4 Å². The second kappa shape index (κ2) is 13.0. The molecule has 0 saturated carbocycles. The zero-order valence-electron chi connectivity index (χ0n) is 17.8. The van der Waals surface area contributed by atoms with Crippen molar-refractivity contribution in [3.05, 3.63) is 29.8 Å². The Morgan fingerprint density at radius 2 is 2.21 bits per heavy atom. The highest BCUT2D eigenvalue weighted by molar-refractivity contribution is 5.79. The van der Waals surface area contributed by atoms with Gasteiger partial charge in [0.1, 0.15) is 5.75 Å². The first-order valence-electron chi connectivity index (χ1n) is 10.1. The Balaban J connectivity index is 1.62. The van der Waals surface area contributed by atoms with Crippen molar-refractivity contribution in [2.45, 2.75) is 31.9 Å². The summed E-state index contributed by atoms with van der Waals surface area (Å²) in [6, 6.07) is 7.67. The van der Waals surface area contributed by atoms with E-state index in [1.54, 1.807) is 21.1 Å². The molecule has 2 N–H and O–H groups in total. The normalized spacial score (nSPS) is 16.5. The molecule has 1 heterocycles. The number of hydrogen-bond donors (Lipinski definition) is 2. The van der Waals surface area contributed by atoms with Gasteiger partial charge in [0.2, 0.25) is 0 Å². The number of likely N-dealkylation sites (N-methyl/N-ethyl adjacent to an activating group) is 1. The van der Waals surface area contributed by atoms with E-state index in [0.717, 1.165) is 43.9 Å². The van der Waals surface area contributed by atoms with Crippen LogP contribution in [0.4, 0.5) is 0 Å². The van der Waals surface area contributed by atoms with Crippen LogP contribution >= 0.6 is 0 Å². The van der Waals surface area contributed by atoms with Crippen LogP contribution in [0.2, 0.25) is 0 Å². The molecule has 8 nitrogen and oxygen atoms in total. The van der Waals surface area contributed by atoms with Crippen molar-refractivity contribution in [2.75, 3.05) is 54.1 Å². The van der Waals surface area contributed by atoms with E-state index in [0.29, 0.717) is 25.5 Å². The number of amides is 1. The summed E-state index contributed by atoms with van der Waals surface area (Å²) < 4.78 is 16.8. The van der Waals surface area contributed by atoms with Crippen LogP contribution in [0.15, 0.2) is 29.3 Å². The Morgan fingerprint density at radius 1 is 1.34 bits per heavy atom. The summed E-state index contributed by atoms with van der Waals surface area (Å²) in [6.07, 6.45) is 3.42. The van der Waals surface area contributed by atoms with Gasteiger partial charge in [-0.25, -0.2) is 0 Å². The van der Waals surface area contributed by atoms with Crippen LogP contribution in [0.5, 0.6) is 5.75 Å². The van der Waals surface area contributed by atoms with Crippen LogP contribution in [0.1, 0.15) is 24.8 Å². The summed E-state index contributed by atoms with van der Waals surface area (Å²) in [7, 11) is 5.16. The van der Waals surface area contributed by atoms with E-state index in [-0.39, 0.29) is 18.6 Å². The lowest BCUT2D eigenvalue weighted by Gasteiger charge is -2.14. The minimum Gasteiger partial charge on any atom is -0.484 e. The molecule has 1 saturated heterocycles. The van der Waals surface area contributed by atoms with Crippen molar-refractivity contribution in [3.63, 3.8) is 0 Å². The number of ether oxygens (including phenoxy) is 3. The third-order valence-corrected chi connectivity index (χ3v) is 4.53. The number of rotatable bonds is 11. The van der Waals surface area contributed by atoms with E-state index < -0.39 is 0 Å². The van der Waals surface area contributed by atoms with Crippen LogP contribution in [0.25, 0.3) is 0 Å². The van der Waals surface area contributed by atoms with Gasteiger partial charge in [0.05, 0.1) is 12.7 Å². The largest absolute Gasteiger partial charge is 0.484 e. The summed E-state index contributed by atoms with van der Waals surface area (Å²) >= 11 is 0. The fourth-order valence-corrected chi connectivity index (χ4v) is 2.80. The molecule has 0 aliphatic carbocycles. The highest BCUT2D eigenvalue weighted by Gasteiger charge is 2.14. The van der Waals surface area contributed by atoms with Crippen LogP contribution in [-0.4, -0.2) is 77.0 Å². The van der Waals surface area contributed by atoms with E-state index >= 15 is 0 Å². The Morgan fingerprint density at radius 3 is 2.93 bits per heavy atom. The molecule has 1 amide bonds. The molecule has 8 heteroatoms. The van der Waals surface area contributed by atoms with E-state index in [4.69, 9.17) is 14.2 Å². The monoisotopic (exact) mass is 406 g/mol. The molecule has 1 fully saturated rings. The maximum absolute atomic E-state index is 11.6. The third-order valence-electron chi connectivity index (χ3n) is 4.53.